The molecule has 4 N–H and O–H groups in total. The van der Waals surface area contributed by atoms with Crippen molar-refractivity contribution < 1.29 is 23.1 Å². The first kappa shape index (κ1) is 23.1. The third-order valence-corrected chi connectivity index (χ3v) is 3.41. The molecule has 0 heterocycles. The molecule has 0 aliphatic carbocycles. The third kappa shape index (κ3) is 6.83. The normalized spacial score (nSPS) is 12.1. The maximum atomic E-state index is 13.2. The number of para-hydroxylation sites is 1. The molecule has 0 bridgehead atoms. The smallest absolute Gasteiger partial charge is 0.277 e. The Hall–Kier alpha value is -1.93. The first-order valence-electron chi connectivity index (χ1n) is 7.51. The summed E-state index contributed by atoms with van der Waals surface area (Å²) < 4.78 is 31.4. The second kappa shape index (κ2) is 10.1. The molecule has 0 fully saturated rings. The number of benzene rings is 1. The summed E-state index contributed by atoms with van der Waals surface area (Å²) in [5, 5.41) is 4.68. The van der Waals surface area contributed by atoms with Crippen LogP contribution >= 0.6 is 12.4 Å². The van der Waals surface area contributed by atoms with Gasteiger partial charge in [-0.25, -0.2) is 8.78 Å². The molecule has 0 spiro atoms. The van der Waals surface area contributed by atoms with Crippen LogP contribution in [0.5, 0.6) is 5.75 Å². The summed E-state index contributed by atoms with van der Waals surface area (Å²) >= 11 is 0. The number of ether oxygens (including phenoxy) is 1. The number of rotatable bonds is 8. The van der Waals surface area contributed by atoms with E-state index >= 15 is 0 Å². The van der Waals surface area contributed by atoms with Crippen LogP contribution in [0.15, 0.2) is 24.3 Å². The molecule has 0 aliphatic heterocycles. The molecule has 1 aromatic carbocycles. The van der Waals surface area contributed by atoms with Gasteiger partial charge >= 0.3 is 0 Å². The molecule has 0 aliphatic rings. The lowest BCUT2D eigenvalue weighted by Gasteiger charge is -2.23. The quantitative estimate of drug-likeness (QED) is 0.639. The number of halogens is 3. The number of alkyl halides is 2. The van der Waals surface area contributed by atoms with Crippen LogP contribution in [0.1, 0.15) is 24.2 Å². The Morgan fingerprint density at radius 1 is 1.28 bits per heavy atom. The van der Waals surface area contributed by atoms with E-state index in [4.69, 9.17) is 10.5 Å². The SMILES string of the molecule is COc1ccccc1C(=O)NC(C(=O)NCC(F)(F)CN)C(C)C.Cl. The molecule has 1 atom stereocenters. The standard InChI is InChI=1S/C16H23F2N3O3.ClH/c1-10(2)13(15(23)20-9-16(17,18)8-19)21-14(22)11-6-4-5-7-12(11)24-3;/h4-7,10,13H,8-9,19H2,1-3H3,(H,20,23)(H,21,22);1H. The molecule has 0 saturated carbocycles. The fourth-order valence-corrected chi connectivity index (χ4v) is 1.98. The summed E-state index contributed by atoms with van der Waals surface area (Å²) in [4.78, 5) is 24.5. The zero-order chi connectivity index (χ0) is 18.3. The Bertz CT molecular complexity index is 585. The van der Waals surface area contributed by atoms with Crippen LogP contribution in [0.2, 0.25) is 0 Å². The average molecular weight is 380 g/mol. The number of nitrogens with two attached hydrogens (primary N) is 1. The highest BCUT2D eigenvalue weighted by Gasteiger charge is 2.31. The van der Waals surface area contributed by atoms with Crippen molar-refractivity contribution in [2.24, 2.45) is 11.7 Å². The highest BCUT2D eigenvalue weighted by atomic mass is 35.5. The summed E-state index contributed by atoms with van der Waals surface area (Å²) in [7, 11) is 1.42. The molecule has 0 aromatic heterocycles. The van der Waals surface area contributed by atoms with Crippen molar-refractivity contribution in [2.45, 2.75) is 25.8 Å². The van der Waals surface area contributed by atoms with E-state index < -0.39 is 36.9 Å². The fourth-order valence-electron chi connectivity index (χ4n) is 1.98. The lowest BCUT2D eigenvalue weighted by molar-refractivity contribution is -0.125. The molecule has 142 valence electrons. The largest absolute Gasteiger partial charge is 0.496 e. The Labute approximate surface area is 151 Å². The summed E-state index contributed by atoms with van der Waals surface area (Å²) in [5.74, 6) is -4.35. The topological polar surface area (TPSA) is 93.4 Å². The Balaban J connectivity index is 0.00000576. The highest BCUT2D eigenvalue weighted by Crippen LogP contribution is 2.18. The monoisotopic (exact) mass is 379 g/mol. The Morgan fingerprint density at radius 2 is 1.88 bits per heavy atom. The van der Waals surface area contributed by atoms with Crippen molar-refractivity contribution in [3.63, 3.8) is 0 Å². The van der Waals surface area contributed by atoms with Crippen molar-refractivity contribution in [1.82, 2.24) is 10.6 Å². The van der Waals surface area contributed by atoms with Crippen molar-refractivity contribution in [3.8, 4) is 5.75 Å². The van der Waals surface area contributed by atoms with Gasteiger partial charge in [-0.2, -0.15) is 0 Å². The zero-order valence-electron chi connectivity index (χ0n) is 14.3. The molecule has 2 amide bonds. The Morgan fingerprint density at radius 3 is 2.40 bits per heavy atom. The number of nitrogens with one attached hydrogen (secondary N) is 2. The van der Waals surface area contributed by atoms with Gasteiger partial charge in [0.15, 0.2) is 0 Å². The van der Waals surface area contributed by atoms with E-state index in [-0.39, 0.29) is 23.9 Å². The van der Waals surface area contributed by atoms with Gasteiger partial charge < -0.3 is 21.1 Å². The van der Waals surface area contributed by atoms with Gasteiger partial charge in [0.05, 0.1) is 25.8 Å². The van der Waals surface area contributed by atoms with Crippen LogP contribution in [0.4, 0.5) is 8.78 Å². The summed E-state index contributed by atoms with van der Waals surface area (Å²) in [5.41, 5.74) is 5.19. The van der Waals surface area contributed by atoms with Crippen LogP contribution in [0.25, 0.3) is 0 Å². The summed E-state index contributed by atoms with van der Waals surface area (Å²) in [6.45, 7) is 1.66. The van der Waals surface area contributed by atoms with Crippen molar-refractivity contribution in [2.75, 3.05) is 20.2 Å². The van der Waals surface area contributed by atoms with Gasteiger partial charge in [-0.1, -0.05) is 26.0 Å². The van der Waals surface area contributed by atoms with Crippen LogP contribution < -0.4 is 21.1 Å². The van der Waals surface area contributed by atoms with Gasteiger partial charge in [0, 0.05) is 0 Å². The number of carbonyl (C=O) groups excluding carboxylic acids is 2. The van der Waals surface area contributed by atoms with E-state index in [1.54, 1.807) is 38.1 Å². The second-order valence-corrected chi connectivity index (χ2v) is 5.67. The van der Waals surface area contributed by atoms with Gasteiger partial charge in [-0.15, -0.1) is 12.4 Å². The third-order valence-electron chi connectivity index (χ3n) is 3.41. The van der Waals surface area contributed by atoms with Gasteiger partial charge in [0.1, 0.15) is 11.8 Å². The van der Waals surface area contributed by atoms with Crippen LogP contribution in [-0.2, 0) is 4.79 Å². The van der Waals surface area contributed by atoms with Crippen LogP contribution in [0.3, 0.4) is 0 Å². The summed E-state index contributed by atoms with van der Waals surface area (Å²) in [6.07, 6.45) is 0. The molecule has 1 unspecified atom stereocenters. The number of amides is 2. The number of hydrogen-bond acceptors (Lipinski definition) is 4. The van der Waals surface area contributed by atoms with Gasteiger partial charge in [-0.05, 0) is 18.1 Å². The molecule has 0 saturated heterocycles. The minimum atomic E-state index is -3.19. The zero-order valence-corrected chi connectivity index (χ0v) is 15.2. The molecular formula is C16H24ClF2N3O3. The predicted octanol–water partition coefficient (Wildman–Crippen LogP) is 1.58. The van der Waals surface area contributed by atoms with E-state index in [9.17, 15) is 18.4 Å². The first-order valence-corrected chi connectivity index (χ1v) is 7.51. The van der Waals surface area contributed by atoms with Crippen molar-refractivity contribution >= 4 is 24.2 Å². The van der Waals surface area contributed by atoms with Gasteiger partial charge in [0.25, 0.3) is 11.8 Å². The fraction of sp³-hybridized carbons (Fsp3) is 0.500. The summed E-state index contributed by atoms with van der Waals surface area (Å²) in [6, 6.07) is 5.56. The number of carbonyl (C=O) groups is 2. The van der Waals surface area contributed by atoms with Crippen molar-refractivity contribution in [3.05, 3.63) is 29.8 Å². The molecule has 9 heteroatoms. The minimum Gasteiger partial charge on any atom is -0.496 e. The maximum Gasteiger partial charge on any atom is 0.277 e. The second-order valence-electron chi connectivity index (χ2n) is 5.67. The number of methoxy groups -OCH3 is 1. The lowest BCUT2D eigenvalue weighted by atomic mass is 10.0. The van der Waals surface area contributed by atoms with E-state index in [0.717, 1.165) is 0 Å². The molecule has 1 rings (SSSR count). The highest BCUT2D eigenvalue weighted by molar-refractivity contribution is 5.99. The Kier molecular flexibility index (Phi) is 9.37. The van der Waals surface area contributed by atoms with E-state index in [0.29, 0.717) is 5.75 Å². The van der Waals surface area contributed by atoms with Gasteiger partial charge in [0.2, 0.25) is 5.91 Å². The van der Waals surface area contributed by atoms with Crippen molar-refractivity contribution in [1.29, 1.82) is 0 Å². The average Bonchev–Trinajstić information content (AvgIpc) is 2.57. The van der Waals surface area contributed by atoms with Crippen LogP contribution in [-0.4, -0.2) is 44.0 Å². The molecule has 1 aromatic rings. The minimum absolute atomic E-state index is 0. The van der Waals surface area contributed by atoms with E-state index in [1.807, 2.05) is 0 Å². The maximum absolute atomic E-state index is 13.2. The first-order chi connectivity index (χ1) is 11.2. The predicted molar refractivity (Wildman–Crippen MR) is 93.3 cm³/mol. The van der Waals surface area contributed by atoms with Crippen LogP contribution in [0, 0.1) is 5.92 Å². The molecule has 6 nitrogen and oxygen atoms in total. The molecule has 25 heavy (non-hydrogen) atoms. The lowest BCUT2D eigenvalue weighted by Crippen LogP contribution is -2.52. The van der Waals surface area contributed by atoms with Gasteiger partial charge in [-0.3, -0.25) is 9.59 Å². The van der Waals surface area contributed by atoms with E-state index in [2.05, 4.69) is 10.6 Å². The number of hydrogen-bond donors (Lipinski definition) is 3. The molecule has 0 radical (unpaired) electrons. The molecular weight excluding hydrogens is 356 g/mol. The van der Waals surface area contributed by atoms with E-state index in [1.165, 1.54) is 7.11 Å².